The molecule has 1 aromatic carbocycles. The Labute approximate surface area is 94.8 Å². The highest BCUT2D eigenvalue weighted by molar-refractivity contribution is 5.89. The van der Waals surface area contributed by atoms with Crippen molar-refractivity contribution in [1.29, 1.82) is 0 Å². The fourth-order valence-electron chi connectivity index (χ4n) is 1.57. The summed E-state index contributed by atoms with van der Waals surface area (Å²) in [7, 11) is 1.98. The lowest BCUT2D eigenvalue weighted by Gasteiger charge is -2.29. The monoisotopic (exact) mass is 221 g/mol. The number of rotatable bonds is 2. The van der Waals surface area contributed by atoms with Gasteiger partial charge in [-0.1, -0.05) is 18.2 Å². The number of carbonyl (C=O) groups is 1. The molecule has 1 aromatic rings. The number of hydrogen-bond donors (Lipinski definition) is 0. The van der Waals surface area contributed by atoms with E-state index in [0.29, 0.717) is 18.7 Å². The summed E-state index contributed by atoms with van der Waals surface area (Å²) in [6, 6.07) is 8.94. The van der Waals surface area contributed by atoms with E-state index in [2.05, 4.69) is 4.90 Å². The van der Waals surface area contributed by atoms with Crippen molar-refractivity contribution in [2.24, 2.45) is 0 Å². The summed E-state index contributed by atoms with van der Waals surface area (Å²) in [5, 5.41) is 0. The Hall–Kier alpha value is -1.39. The van der Waals surface area contributed by atoms with Gasteiger partial charge in [-0.3, -0.25) is 4.90 Å². The van der Waals surface area contributed by atoms with Gasteiger partial charge in [0.15, 0.2) is 0 Å². The van der Waals surface area contributed by atoms with Crippen molar-refractivity contribution in [3.05, 3.63) is 35.9 Å². The van der Waals surface area contributed by atoms with Gasteiger partial charge in [-0.05, 0) is 19.2 Å². The summed E-state index contributed by atoms with van der Waals surface area (Å²) in [5.74, 6) is -0.332. The third kappa shape index (κ3) is 2.81. The summed E-state index contributed by atoms with van der Waals surface area (Å²) in [6.45, 7) is 2.10. The average molecular weight is 221 g/mol. The molecule has 0 bridgehead atoms. The highest BCUT2D eigenvalue weighted by Crippen LogP contribution is 2.08. The van der Waals surface area contributed by atoms with Gasteiger partial charge < -0.3 is 9.47 Å². The molecule has 1 fully saturated rings. The second-order valence-corrected chi connectivity index (χ2v) is 3.83. The lowest BCUT2D eigenvalue weighted by atomic mass is 10.2. The molecule has 1 saturated heterocycles. The molecule has 86 valence electrons. The minimum absolute atomic E-state index is 0.332. The van der Waals surface area contributed by atoms with Crippen molar-refractivity contribution in [1.82, 2.24) is 4.90 Å². The minimum atomic E-state index is -0.452. The largest absolute Gasteiger partial charge is 0.431 e. The van der Waals surface area contributed by atoms with Crippen molar-refractivity contribution in [3.63, 3.8) is 0 Å². The van der Waals surface area contributed by atoms with Gasteiger partial charge in [-0.25, -0.2) is 4.79 Å². The summed E-state index contributed by atoms with van der Waals surface area (Å²) >= 11 is 0. The molecular weight excluding hydrogens is 206 g/mol. The van der Waals surface area contributed by atoms with Crippen molar-refractivity contribution in [2.45, 2.75) is 6.29 Å². The SMILES string of the molecule is CN1CCOC(OC(=O)c2ccccc2)C1. The normalized spacial score (nSPS) is 21.7. The van der Waals surface area contributed by atoms with E-state index >= 15 is 0 Å². The molecule has 1 atom stereocenters. The van der Waals surface area contributed by atoms with E-state index in [9.17, 15) is 4.79 Å². The van der Waals surface area contributed by atoms with Crippen molar-refractivity contribution < 1.29 is 14.3 Å². The van der Waals surface area contributed by atoms with Crippen molar-refractivity contribution in [3.8, 4) is 0 Å². The molecule has 1 aliphatic heterocycles. The van der Waals surface area contributed by atoms with Gasteiger partial charge >= 0.3 is 5.97 Å². The maximum Gasteiger partial charge on any atom is 0.340 e. The van der Waals surface area contributed by atoms with E-state index in [1.54, 1.807) is 12.1 Å². The Bertz CT molecular complexity index is 353. The zero-order valence-electron chi connectivity index (χ0n) is 9.26. The third-order valence-electron chi connectivity index (χ3n) is 2.49. The number of morpholine rings is 1. The standard InChI is InChI=1S/C12H15NO3/c1-13-7-8-15-11(9-13)16-12(14)10-5-3-2-4-6-10/h2-6,11H,7-9H2,1H3. The first-order valence-corrected chi connectivity index (χ1v) is 5.32. The van der Waals surface area contributed by atoms with Gasteiger partial charge in [0.1, 0.15) is 0 Å². The zero-order chi connectivity index (χ0) is 11.4. The predicted octanol–water partition coefficient (Wildman–Crippen LogP) is 1.13. The van der Waals surface area contributed by atoms with Gasteiger partial charge in [0.05, 0.1) is 18.7 Å². The van der Waals surface area contributed by atoms with Crippen LogP contribution < -0.4 is 0 Å². The Morgan fingerprint density at radius 3 is 2.88 bits per heavy atom. The summed E-state index contributed by atoms with van der Waals surface area (Å²) < 4.78 is 10.6. The zero-order valence-corrected chi connectivity index (χ0v) is 9.26. The van der Waals surface area contributed by atoms with E-state index in [1.807, 2.05) is 25.2 Å². The van der Waals surface area contributed by atoms with Gasteiger partial charge in [0.2, 0.25) is 6.29 Å². The van der Waals surface area contributed by atoms with Crippen LogP contribution in [0.4, 0.5) is 0 Å². The maximum absolute atomic E-state index is 11.7. The Balaban J connectivity index is 1.92. The van der Waals surface area contributed by atoms with Crippen LogP contribution >= 0.6 is 0 Å². The minimum Gasteiger partial charge on any atom is -0.431 e. The molecular formula is C12H15NO3. The Morgan fingerprint density at radius 2 is 2.19 bits per heavy atom. The molecule has 0 radical (unpaired) electrons. The van der Waals surface area contributed by atoms with Crippen LogP contribution in [0.15, 0.2) is 30.3 Å². The molecule has 0 aliphatic carbocycles. The summed E-state index contributed by atoms with van der Waals surface area (Å²) in [4.78, 5) is 13.8. The van der Waals surface area contributed by atoms with E-state index in [0.717, 1.165) is 6.54 Å². The van der Waals surface area contributed by atoms with Crippen molar-refractivity contribution in [2.75, 3.05) is 26.7 Å². The van der Waals surface area contributed by atoms with E-state index in [-0.39, 0.29) is 5.97 Å². The molecule has 0 saturated carbocycles. The Morgan fingerprint density at radius 1 is 1.44 bits per heavy atom. The quantitative estimate of drug-likeness (QED) is 0.702. The molecule has 4 nitrogen and oxygen atoms in total. The van der Waals surface area contributed by atoms with E-state index in [1.165, 1.54) is 0 Å². The molecule has 2 rings (SSSR count). The number of benzene rings is 1. The number of ether oxygens (including phenoxy) is 2. The summed E-state index contributed by atoms with van der Waals surface area (Å²) in [5.41, 5.74) is 0.555. The number of carbonyl (C=O) groups excluding carboxylic acids is 1. The van der Waals surface area contributed by atoms with E-state index < -0.39 is 6.29 Å². The number of esters is 1. The molecule has 0 spiro atoms. The molecule has 0 aromatic heterocycles. The van der Waals surface area contributed by atoms with Crippen LogP contribution in [0.5, 0.6) is 0 Å². The second kappa shape index (κ2) is 5.09. The molecule has 1 aliphatic rings. The molecule has 4 heteroatoms. The van der Waals surface area contributed by atoms with E-state index in [4.69, 9.17) is 9.47 Å². The molecule has 1 heterocycles. The van der Waals surface area contributed by atoms with Crippen LogP contribution in [0.2, 0.25) is 0 Å². The van der Waals surface area contributed by atoms with Crippen LogP contribution in [0, 0.1) is 0 Å². The van der Waals surface area contributed by atoms with Crippen LogP contribution in [0.3, 0.4) is 0 Å². The van der Waals surface area contributed by atoms with Gasteiger partial charge in [-0.15, -0.1) is 0 Å². The smallest absolute Gasteiger partial charge is 0.340 e. The lowest BCUT2D eigenvalue weighted by molar-refractivity contribution is -0.146. The fourth-order valence-corrected chi connectivity index (χ4v) is 1.57. The van der Waals surface area contributed by atoms with Crippen LogP contribution in [-0.2, 0) is 9.47 Å². The number of nitrogens with zero attached hydrogens (tertiary/aromatic N) is 1. The third-order valence-corrected chi connectivity index (χ3v) is 2.49. The van der Waals surface area contributed by atoms with Crippen LogP contribution in [0.1, 0.15) is 10.4 Å². The first-order chi connectivity index (χ1) is 7.75. The molecule has 1 unspecified atom stereocenters. The molecule has 16 heavy (non-hydrogen) atoms. The second-order valence-electron chi connectivity index (χ2n) is 3.83. The van der Waals surface area contributed by atoms with Crippen LogP contribution in [-0.4, -0.2) is 43.9 Å². The topological polar surface area (TPSA) is 38.8 Å². The highest BCUT2D eigenvalue weighted by atomic mass is 16.7. The predicted molar refractivity (Wildman–Crippen MR) is 59.1 cm³/mol. The molecule has 0 N–H and O–H groups in total. The van der Waals surface area contributed by atoms with Crippen LogP contribution in [0.25, 0.3) is 0 Å². The highest BCUT2D eigenvalue weighted by Gasteiger charge is 2.21. The first kappa shape index (κ1) is 11.1. The van der Waals surface area contributed by atoms with Gasteiger partial charge in [-0.2, -0.15) is 0 Å². The first-order valence-electron chi connectivity index (χ1n) is 5.32. The Kier molecular flexibility index (Phi) is 3.54. The molecule has 0 amide bonds. The number of likely N-dealkylation sites (N-methyl/N-ethyl adjacent to an activating group) is 1. The lowest BCUT2D eigenvalue weighted by Crippen LogP contribution is -2.42. The number of hydrogen-bond acceptors (Lipinski definition) is 4. The average Bonchev–Trinajstić information content (AvgIpc) is 2.30. The van der Waals surface area contributed by atoms with Gasteiger partial charge in [0, 0.05) is 6.54 Å². The fraction of sp³-hybridized carbons (Fsp3) is 0.417. The van der Waals surface area contributed by atoms with Gasteiger partial charge in [0.25, 0.3) is 0 Å². The summed E-state index contributed by atoms with van der Waals surface area (Å²) in [6.07, 6.45) is -0.452. The maximum atomic E-state index is 11.7. The van der Waals surface area contributed by atoms with Crippen molar-refractivity contribution >= 4 is 5.97 Å².